The van der Waals surface area contributed by atoms with Crippen LogP contribution in [0.5, 0.6) is 0 Å². The molecular weight excluding hydrogens is 170 g/mol. The van der Waals surface area contributed by atoms with Crippen molar-refractivity contribution in [3.8, 4) is 0 Å². The molecular formula is C9H13NOS. The van der Waals surface area contributed by atoms with Gasteiger partial charge in [0.1, 0.15) is 5.60 Å². The van der Waals surface area contributed by atoms with E-state index in [4.69, 9.17) is 4.84 Å². The van der Waals surface area contributed by atoms with Gasteiger partial charge in [0.25, 0.3) is 0 Å². The van der Waals surface area contributed by atoms with E-state index >= 15 is 0 Å². The average Bonchev–Trinajstić information content (AvgIpc) is 2.36. The molecule has 0 fully saturated rings. The summed E-state index contributed by atoms with van der Waals surface area (Å²) in [6.07, 6.45) is 1.73. The molecule has 1 aromatic rings. The first-order chi connectivity index (χ1) is 5.58. The molecule has 3 heteroatoms. The molecule has 0 aromatic carbocycles. The van der Waals surface area contributed by atoms with E-state index in [0.29, 0.717) is 0 Å². The Hall–Kier alpha value is -0.830. The lowest BCUT2D eigenvalue weighted by Gasteiger charge is -2.14. The first-order valence-corrected chi connectivity index (χ1v) is 4.71. The molecule has 1 rings (SSSR count). The van der Waals surface area contributed by atoms with Gasteiger partial charge in [0.05, 0.1) is 6.21 Å². The van der Waals surface area contributed by atoms with E-state index in [1.54, 1.807) is 17.6 Å². The van der Waals surface area contributed by atoms with Gasteiger partial charge in [-0.25, -0.2) is 0 Å². The molecule has 0 spiro atoms. The van der Waals surface area contributed by atoms with Gasteiger partial charge in [-0.1, -0.05) is 11.2 Å². The normalized spacial score (nSPS) is 12.2. The van der Waals surface area contributed by atoms with Crippen LogP contribution in [0.4, 0.5) is 0 Å². The molecule has 0 saturated carbocycles. The summed E-state index contributed by atoms with van der Waals surface area (Å²) in [5, 5.41) is 5.88. The molecule has 0 aliphatic heterocycles. The monoisotopic (exact) mass is 183 g/mol. The lowest BCUT2D eigenvalue weighted by atomic mass is 10.2. The largest absolute Gasteiger partial charge is 0.390 e. The number of hydrogen-bond acceptors (Lipinski definition) is 3. The first kappa shape index (κ1) is 9.26. The first-order valence-electron chi connectivity index (χ1n) is 3.83. The number of hydrogen-bond donors (Lipinski definition) is 0. The Kier molecular flexibility index (Phi) is 2.87. The van der Waals surface area contributed by atoms with Gasteiger partial charge in [-0.2, -0.15) is 0 Å². The van der Waals surface area contributed by atoms with Crippen LogP contribution >= 0.6 is 11.3 Å². The van der Waals surface area contributed by atoms with Crippen LogP contribution in [0, 0.1) is 0 Å². The minimum absolute atomic E-state index is 0.201. The van der Waals surface area contributed by atoms with Crippen molar-refractivity contribution in [1.82, 2.24) is 0 Å². The maximum absolute atomic E-state index is 5.18. The van der Waals surface area contributed by atoms with E-state index in [1.165, 1.54) is 0 Å². The standard InChI is InChI=1S/C9H13NOS/c1-9(2,3)11-10-7-8-5-4-6-12-8/h4-7H,1-3H3/b10-7+. The van der Waals surface area contributed by atoms with Crippen LogP contribution in [0.15, 0.2) is 22.7 Å². The van der Waals surface area contributed by atoms with Crippen molar-refractivity contribution in [2.24, 2.45) is 5.16 Å². The smallest absolute Gasteiger partial charge is 0.129 e. The number of oxime groups is 1. The van der Waals surface area contributed by atoms with Gasteiger partial charge in [0.2, 0.25) is 0 Å². The molecule has 0 aliphatic rings. The SMILES string of the molecule is CC(C)(C)O/N=C/c1cccs1. The third-order valence-corrected chi connectivity index (χ3v) is 1.86. The highest BCUT2D eigenvalue weighted by Crippen LogP contribution is 2.08. The van der Waals surface area contributed by atoms with Crippen LogP contribution in [0.3, 0.4) is 0 Å². The molecule has 0 amide bonds. The van der Waals surface area contributed by atoms with Gasteiger partial charge in [0, 0.05) is 4.88 Å². The number of nitrogens with zero attached hydrogens (tertiary/aromatic N) is 1. The third kappa shape index (κ3) is 3.53. The van der Waals surface area contributed by atoms with Gasteiger partial charge >= 0.3 is 0 Å². The number of thiophene rings is 1. The van der Waals surface area contributed by atoms with E-state index in [-0.39, 0.29) is 5.60 Å². The van der Waals surface area contributed by atoms with E-state index in [1.807, 2.05) is 38.3 Å². The van der Waals surface area contributed by atoms with Crippen molar-refractivity contribution in [3.05, 3.63) is 22.4 Å². The highest BCUT2D eigenvalue weighted by atomic mass is 32.1. The van der Waals surface area contributed by atoms with Gasteiger partial charge in [-0.05, 0) is 32.2 Å². The van der Waals surface area contributed by atoms with Crippen LogP contribution < -0.4 is 0 Å². The van der Waals surface area contributed by atoms with E-state index < -0.39 is 0 Å². The second-order valence-electron chi connectivity index (χ2n) is 3.45. The highest BCUT2D eigenvalue weighted by Gasteiger charge is 2.09. The van der Waals surface area contributed by atoms with Gasteiger partial charge in [-0.15, -0.1) is 11.3 Å². The summed E-state index contributed by atoms with van der Waals surface area (Å²) in [6, 6.07) is 3.99. The predicted molar refractivity (Wildman–Crippen MR) is 52.8 cm³/mol. The van der Waals surface area contributed by atoms with Crippen LogP contribution in [-0.2, 0) is 4.84 Å². The Morgan fingerprint density at radius 2 is 2.25 bits per heavy atom. The Balaban J connectivity index is 2.42. The van der Waals surface area contributed by atoms with Crippen LogP contribution in [-0.4, -0.2) is 11.8 Å². The predicted octanol–water partition coefficient (Wildman–Crippen LogP) is 2.90. The summed E-state index contributed by atoms with van der Waals surface area (Å²) in [6.45, 7) is 5.91. The molecule has 0 N–H and O–H groups in total. The quantitative estimate of drug-likeness (QED) is 0.510. The van der Waals surface area contributed by atoms with Crippen molar-refractivity contribution in [1.29, 1.82) is 0 Å². The third-order valence-electron chi connectivity index (χ3n) is 1.05. The maximum Gasteiger partial charge on any atom is 0.129 e. The second kappa shape index (κ2) is 3.72. The minimum Gasteiger partial charge on any atom is -0.390 e. The van der Waals surface area contributed by atoms with Crippen LogP contribution in [0.1, 0.15) is 25.6 Å². The van der Waals surface area contributed by atoms with E-state index in [0.717, 1.165) is 4.88 Å². The van der Waals surface area contributed by atoms with Crippen molar-refractivity contribution >= 4 is 17.6 Å². The average molecular weight is 183 g/mol. The summed E-state index contributed by atoms with van der Waals surface area (Å²) >= 11 is 1.64. The van der Waals surface area contributed by atoms with Crippen molar-refractivity contribution < 1.29 is 4.84 Å². The molecule has 0 unspecified atom stereocenters. The Morgan fingerprint density at radius 3 is 2.75 bits per heavy atom. The zero-order valence-electron chi connectivity index (χ0n) is 7.57. The summed E-state index contributed by atoms with van der Waals surface area (Å²) in [7, 11) is 0. The number of rotatable bonds is 2. The molecule has 1 aromatic heterocycles. The fourth-order valence-corrected chi connectivity index (χ4v) is 1.18. The van der Waals surface area contributed by atoms with Crippen LogP contribution in [0.2, 0.25) is 0 Å². The van der Waals surface area contributed by atoms with E-state index in [9.17, 15) is 0 Å². The van der Waals surface area contributed by atoms with Gasteiger partial charge in [0.15, 0.2) is 0 Å². The molecule has 0 aliphatic carbocycles. The Labute approximate surface area is 76.9 Å². The second-order valence-corrected chi connectivity index (χ2v) is 4.43. The van der Waals surface area contributed by atoms with Crippen molar-refractivity contribution in [2.75, 3.05) is 0 Å². The van der Waals surface area contributed by atoms with Gasteiger partial charge in [-0.3, -0.25) is 0 Å². The molecule has 0 saturated heterocycles. The molecule has 66 valence electrons. The Bertz CT molecular complexity index is 246. The lowest BCUT2D eigenvalue weighted by Crippen LogP contribution is -2.15. The van der Waals surface area contributed by atoms with Crippen molar-refractivity contribution in [2.45, 2.75) is 26.4 Å². The minimum atomic E-state index is -0.201. The highest BCUT2D eigenvalue weighted by molar-refractivity contribution is 7.11. The molecule has 12 heavy (non-hydrogen) atoms. The van der Waals surface area contributed by atoms with Crippen LogP contribution in [0.25, 0.3) is 0 Å². The van der Waals surface area contributed by atoms with E-state index in [2.05, 4.69) is 5.16 Å². The zero-order valence-corrected chi connectivity index (χ0v) is 8.39. The summed E-state index contributed by atoms with van der Waals surface area (Å²) in [5.41, 5.74) is -0.201. The topological polar surface area (TPSA) is 21.6 Å². The Morgan fingerprint density at radius 1 is 1.50 bits per heavy atom. The fraction of sp³-hybridized carbons (Fsp3) is 0.444. The summed E-state index contributed by atoms with van der Waals surface area (Å²) in [4.78, 5) is 6.29. The fourth-order valence-electron chi connectivity index (χ4n) is 0.601. The van der Waals surface area contributed by atoms with Gasteiger partial charge < -0.3 is 4.84 Å². The lowest BCUT2D eigenvalue weighted by molar-refractivity contribution is 0.00202. The summed E-state index contributed by atoms with van der Waals surface area (Å²) < 4.78 is 0. The molecule has 0 atom stereocenters. The molecule has 0 bridgehead atoms. The zero-order chi connectivity index (χ0) is 9.03. The molecule has 0 radical (unpaired) electrons. The summed E-state index contributed by atoms with van der Waals surface area (Å²) in [5.74, 6) is 0. The maximum atomic E-state index is 5.18. The molecule has 1 heterocycles. The molecule has 2 nitrogen and oxygen atoms in total. The van der Waals surface area contributed by atoms with Crippen molar-refractivity contribution in [3.63, 3.8) is 0 Å².